The Morgan fingerprint density at radius 2 is 2.13 bits per heavy atom. The molecular formula is C15H23N5O3. The zero-order valence-corrected chi connectivity index (χ0v) is 13.8. The van der Waals surface area contributed by atoms with E-state index in [9.17, 15) is 9.59 Å². The zero-order chi connectivity index (χ0) is 16.6. The molecule has 1 amide bonds. The Balaban J connectivity index is 1.65. The fourth-order valence-corrected chi connectivity index (χ4v) is 3.47. The summed E-state index contributed by atoms with van der Waals surface area (Å²) >= 11 is 0. The smallest absolute Gasteiger partial charge is 0.343 e. The van der Waals surface area contributed by atoms with Gasteiger partial charge in [0.25, 0.3) is 5.91 Å². The number of nitrogens with one attached hydrogen (secondary N) is 1. The van der Waals surface area contributed by atoms with Crippen molar-refractivity contribution < 1.29 is 9.63 Å². The second kappa shape index (κ2) is 5.82. The van der Waals surface area contributed by atoms with Crippen LogP contribution in [-0.2, 0) is 16.2 Å². The maximum atomic E-state index is 12.7. The Morgan fingerprint density at radius 1 is 1.43 bits per heavy atom. The molecule has 1 aromatic rings. The van der Waals surface area contributed by atoms with Crippen LogP contribution in [0.25, 0.3) is 0 Å². The molecule has 0 unspecified atom stereocenters. The van der Waals surface area contributed by atoms with E-state index in [0.29, 0.717) is 26.1 Å². The number of hydrogen-bond donors (Lipinski definition) is 1. The molecule has 0 radical (unpaired) electrons. The molecule has 8 nitrogen and oxygen atoms in total. The number of oxime groups is 1. The second-order valence-electron chi connectivity index (χ2n) is 6.52. The van der Waals surface area contributed by atoms with Gasteiger partial charge in [0.1, 0.15) is 5.82 Å². The van der Waals surface area contributed by atoms with Gasteiger partial charge in [-0.2, -0.15) is 5.10 Å². The Kier molecular flexibility index (Phi) is 3.99. The summed E-state index contributed by atoms with van der Waals surface area (Å²) in [6.07, 6.45) is 2.14. The van der Waals surface area contributed by atoms with Crippen molar-refractivity contribution in [3.05, 3.63) is 16.3 Å². The van der Waals surface area contributed by atoms with Crippen molar-refractivity contribution >= 4 is 11.6 Å². The van der Waals surface area contributed by atoms with Gasteiger partial charge in [-0.05, 0) is 33.6 Å². The van der Waals surface area contributed by atoms with Crippen LogP contribution in [0, 0.1) is 0 Å². The van der Waals surface area contributed by atoms with Gasteiger partial charge in [0.05, 0.1) is 5.71 Å². The average molecular weight is 321 g/mol. The van der Waals surface area contributed by atoms with E-state index < -0.39 is 5.60 Å². The van der Waals surface area contributed by atoms with E-state index in [0.717, 1.165) is 24.4 Å². The van der Waals surface area contributed by atoms with Gasteiger partial charge in [-0.25, -0.2) is 9.89 Å². The van der Waals surface area contributed by atoms with E-state index in [4.69, 9.17) is 4.84 Å². The molecule has 0 bridgehead atoms. The topological polar surface area (TPSA) is 92.6 Å². The van der Waals surface area contributed by atoms with Crippen LogP contribution >= 0.6 is 0 Å². The Bertz CT molecular complexity index is 684. The van der Waals surface area contributed by atoms with Crippen LogP contribution < -0.4 is 5.69 Å². The largest absolute Gasteiger partial charge is 0.379 e. The summed E-state index contributed by atoms with van der Waals surface area (Å²) in [7, 11) is 0. The van der Waals surface area contributed by atoms with Gasteiger partial charge in [0.2, 0.25) is 5.60 Å². The predicted molar refractivity (Wildman–Crippen MR) is 84.3 cm³/mol. The van der Waals surface area contributed by atoms with E-state index in [1.165, 1.54) is 0 Å². The molecule has 2 aliphatic heterocycles. The van der Waals surface area contributed by atoms with Crippen molar-refractivity contribution in [2.75, 3.05) is 13.1 Å². The molecule has 0 aromatic carbocycles. The molecule has 2 aliphatic rings. The highest BCUT2D eigenvalue weighted by Crippen LogP contribution is 2.30. The van der Waals surface area contributed by atoms with Crippen LogP contribution in [0.4, 0.5) is 0 Å². The number of aromatic nitrogens is 3. The molecule has 3 heterocycles. The first-order valence-electron chi connectivity index (χ1n) is 8.10. The lowest BCUT2D eigenvalue weighted by atomic mass is 9.93. The number of H-pyrrole nitrogens is 1. The molecular weight excluding hydrogens is 298 g/mol. The van der Waals surface area contributed by atoms with E-state index in [2.05, 4.69) is 15.4 Å². The van der Waals surface area contributed by atoms with Crippen LogP contribution in [0.1, 0.15) is 51.8 Å². The fourth-order valence-electron chi connectivity index (χ4n) is 3.47. The minimum atomic E-state index is -0.866. The second-order valence-corrected chi connectivity index (χ2v) is 6.52. The molecule has 1 fully saturated rings. The van der Waals surface area contributed by atoms with Crippen LogP contribution in [0.5, 0.6) is 0 Å². The van der Waals surface area contributed by atoms with Crippen molar-refractivity contribution in [1.82, 2.24) is 19.7 Å². The first-order valence-corrected chi connectivity index (χ1v) is 8.10. The number of nitrogens with zero attached hydrogens (tertiary/aromatic N) is 4. The summed E-state index contributed by atoms with van der Waals surface area (Å²) in [6.45, 7) is 7.49. The van der Waals surface area contributed by atoms with Crippen molar-refractivity contribution in [3.8, 4) is 0 Å². The first kappa shape index (κ1) is 15.8. The summed E-state index contributed by atoms with van der Waals surface area (Å²) in [5.74, 6) is 0.992. The van der Waals surface area contributed by atoms with Gasteiger partial charge in [-0.1, -0.05) is 5.16 Å². The molecule has 1 aromatic heterocycles. The highest BCUT2D eigenvalue weighted by Gasteiger charge is 2.44. The number of piperidine rings is 1. The predicted octanol–water partition coefficient (Wildman–Crippen LogP) is 0.852. The molecule has 8 heteroatoms. The summed E-state index contributed by atoms with van der Waals surface area (Å²) in [6, 6.07) is 0. The molecule has 0 aliphatic carbocycles. The van der Waals surface area contributed by atoms with E-state index in [1.54, 1.807) is 11.5 Å². The molecule has 1 N–H and O–H groups in total. The van der Waals surface area contributed by atoms with Crippen molar-refractivity contribution in [2.24, 2.45) is 5.16 Å². The van der Waals surface area contributed by atoms with Crippen molar-refractivity contribution in [1.29, 1.82) is 0 Å². The molecule has 23 heavy (non-hydrogen) atoms. The minimum absolute atomic E-state index is 0.00791. The lowest BCUT2D eigenvalue weighted by Crippen LogP contribution is -2.50. The van der Waals surface area contributed by atoms with Crippen LogP contribution in [0.3, 0.4) is 0 Å². The lowest BCUT2D eigenvalue weighted by molar-refractivity contribution is -0.154. The van der Waals surface area contributed by atoms with E-state index in [1.807, 2.05) is 18.7 Å². The third-order valence-electron chi connectivity index (χ3n) is 4.70. The number of hydrogen-bond acceptors (Lipinski definition) is 5. The van der Waals surface area contributed by atoms with Gasteiger partial charge < -0.3 is 9.74 Å². The number of carbonyl (C=O) groups excluding carboxylic acids is 1. The normalized spacial score (nSPS) is 25.3. The summed E-state index contributed by atoms with van der Waals surface area (Å²) < 4.78 is 1.67. The molecule has 0 saturated carbocycles. The Morgan fingerprint density at radius 3 is 2.70 bits per heavy atom. The maximum absolute atomic E-state index is 12.7. The average Bonchev–Trinajstić information content (AvgIpc) is 3.09. The number of likely N-dealkylation sites (tertiary alicyclic amines) is 1. The SMILES string of the molecule is CCn1c(C2CCN(C(=O)[C@]3(C)CC(C)=NO3)CC2)n[nH]c1=O. The number of carbonyl (C=O) groups is 1. The summed E-state index contributed by atoms with van der Waals surface area (Å²) in [5.41, 5.74) is -0.186. The van der Waals surface area contributed by atoms with Gasteiger partial charge in [-0.3, -0.25) is 9.36 Å². The van der Waals surface area contributed by atoms with Gasteiger partial charge in [-0.15, -0.1) is 0 Å². The highest BCUT2D eigenvalue weighted by molar-refractivity contribution is 5.94. The monoisotopic (exact) mass is 321 g/mol. The first-order chi connectivity index (χ1) is 10.9. The fraction of sp³-hybridized carbons (Fsp3) is 0.733. The van der Waals surface area contributed by atoms with Crippen LogP contribution in [-0.4, -0.2) is 50.0 Å². The van der Waals surface area contributed by atoms with Crippen LogP contribution in [0.15, 0.2) is 9.95 Å². The van der Waals surface area contributed by atoms with Gasteiger partial charge >= 0.3 is 5.69 Å². The highest BCUT2D eigenvalue weighted by atomic mass is 16.7. The third-order valence-corrected chi connectivity index (χ3v) is 4.70. The summed E-state index contributed by atoms with van der Waals surface area (Å²) in [5, 5.41) is 10.6. The number of aromatic amines is 1. The summed E-state index contributed by atoms with van der Waals surface area (Å²) in [4.78, 5) is 31.6. The molecule has 0 spiro atoms. The maximum Gasteiger partial charge on any atom is 0.343 e. The molecule has 1 saturated heterocycles. The standard InChI is InChI=1S/C15H23N5O3/c1-4-20-12(16-17-14(20)22)11-5-7-19(8-6-11)13(21)15(3)9-10(2)18-23-15/h11H,4-9H2,1-3H3,(H,17,22)/t15-/m0/s1. The van der Waals surface area contributed by atoms with E-state index >= 15 is 0 Å². The van der Waals surface area contributed by atoms with Crippen molar-refractivity contribution in [3.63, 3.8) is 0 Å². The van der Waals surface area contributed by atoms with E-state index in [-0.39, 0.29) is 17.5 Å². The Labute approximate surface area is 134 Å². The van der Waals surface area contributed by atoms with Gasteiger partial charge in [0, 0.05) is 32.0 Å². The zero-order valence-electron chi connectivity index (χ0n) is 13.8. The van der Waals surface area contributed by atoms with Crippen LogP contribution in [0.2, 0.25) is 0 Å². The number of amides is 1. The number of rotatable bonds is 3. The quantitative estimate of drug-likeness (QED) is 0.893. The lowest BCUT2D eigenvalue weighted by Gasteiger charge is -2.35. The molecule has 1 atom stereocenters. The Hall–Kier alpha value is -2.12. The molecule has 3 rings (SSSR count). The van der Waals surface area contributed by atoms with Crippen molar-refractivity contribution in [2.45, 2.75) is 58.1 Å². The van der Waals surface area contributed by atoms with Gasteiger partial charge in [0.15, 0.2) is 0 Å². The minimum Gasteiger partial charge on any atom is -0.379 e. The molecule has 126 valence electrons. The third kappa shape index (κ3) is 2.77.